The Morgan fingerprint density at radius 1 is 1.00 bits per heavy atom. The maximum absolute atomic E-state index is 12.2. The second-order valence-electron chi connectivity index (χ2n) is 6.24. The lowest BCUT2D eigenvalue weighted by atomic mass is 9.99. The van der Waals surface area contributed by atoms with Gasteiger partial charge in [0.05, 0.1) is 6.10 Å². The van der Waals surface area contributed by atoms with Gasteiger partial charge in [0.25, 0.3) is 5.91 Å². The summed E-state index contributed by atoms with van der Waals surface area (Å²) in [6, 6.07) is 13.4. The Labute approximate surface area is 134 Å². The minimum atomic E-state index is -0.382. The van der Waals surface area contributed by atoms with Crippen LogP contribution in [0, 0.1) is 0 Å². The molecule has 2 aromatic carbocycles. The average Bonchev–Trinajstić information content (AvgIpc) is 2.92. The number of likely N-dealkylation sites (tertiary alicyclic amines) is 1. The number of hydrogen-bond acceptors (Lipinski definition) is 3. The first-order valence-electron chi connectivity index (χ1n) is 7.86. The van der Waals surface area contributed by atoms with E-state index in [1.54, 1.807) is 4.90 Å². The summed E-state index contributed by atoms with van der Waals surface area (Å²) in [6.07, 6.45) is 1.04. The van der Waals surface area contributed by atoms with E-state index in [4.69, 9.17) is 0 Å². The Morgan fingerprint density at radius 2 is 1.70 bits per heavy atom. The number of aryl methyl sites for hydroxylation is 1. The molecule has 4 rings (SSSR count). The van der Waals surface area contributed by atoms with E-state index in [0.29, 0.717) is 25.1 Å². The molecule has 0 radical (unpaired) electrons. The first-order valence-corrected chi connectivity index (χ1v) is 7.86. The number of carbonyl (C=O) groups is 2. The molecule has 0 unspecified atom stereocenters. The van der Waals surface area contributed by atoms with Crippen molar-refractivity contribution >= 4 is 11.7 Å². The Balaban J connectivity index is 1.57. The lowest BCUT2D eigenvalue weighted by Gasteiger charge is -2.35. The monoisotopic (exact) mass is 307 g/mol. The van der Waals surface area contributed by atoms with Gasteiger partial charge in [-0.15, -0.1) is 0 Å². The fourth-order valence-electron chi connectivity index (χ4n) is 3.24. The van der Waals surface area contributed by atoms with Gasteiger partial charge in [0.15, 0.2) is 5.78 Å². The van der Waals surface area contributed by atoms with Crippen LogP contribution in [0.15, 0.2) is 42.5 Å². The largest absolute Gasteiger partial charge is 0.389 e. The average molecular weight is 307 g/mol. The summed E-state index contributed by atoms with van der Waals surface area (Å²) in [5, 5.41) is 9.28. The highest BCUT2D eigenvalue weighted by atomic mass is 16.3. The van der Waals surface area contributed by atoms with Gasteiger partial charge < -0.3 is 10.0 Å². The molecule has 1 aliphatic heterocycles. The molecule has 4 nitrogen and oxygen atoms in total. The van der Waals surface area contributed by atoms with Crippen molar-refractivity contribution in [2.45, 2.75) is 18.9 Å². The SMILES string of the molecule is O=C1CCc2cc(-c3ccc(C(=O)N4CC(O)C4)cc3)ccc21. The van der Waals surface area contributed by atoms with Gasteiger partial charge in [-0.1, -0.05) is 30.3 Å². The molecule has 2 aromatic rings. The molecular formula is C19H17NO3. The minimum absolute atomic E-state index is 0.0404. The Morgan fingerprint density at radius 3 is 2.39 bits per heavy atom. The van der Waals surface area contributed by atoms with Gasteiger partial charge >= 0.3 is 0 Å². The number of carbonyl (C=O) groups excluding carboxylic acids is 2. The van der Waals surface area contributed by atoms with Crippen molar-refractivity contribution in [1.82, 2.24) is 4.90 Å². The van der Waals surface area contributed by atoms with Crippen molar-refractivity contribution in [3.05, 3.63) is 59.2 Å². The molecule has 1 heterocycles. The lowest BCUT2D eigenvalue weighted by molar-refractivity contribution is 0.00589. The standard InChI is InChI=1S/C19H17NO3/c21-16-10-20(11-16)19(23)13-3-1-12(2-4-13)14-5-7-17-15(9-14)6-8-18(17)22/h1-5,7,9,16,21H,6,8,10-11H2. The van der Waals surface area contributed by atoms with Crippen LogP contribution in [0.5, 0.6) is 0 Å². The van der Waals surface area contributed by atoms with Crippen LogP contribution in [0.2, 0.25) is 0 Å². The highest BCUT2D eigenvalue weighted by Crippen LogP contribution is 2.28. The zero-order valence-corrected chi connectivity index (χ0v) is 12.7. The molecule has 1 saturated heterocycles. The van der Waals surface area contributed by atoms with Crippen LogP contribution in [0.25, 0.3) is 11.1 Å². The van der Waals surface area contributed by atoms with Crippen molar-refractivity contribution in [3.63, 3.8) is 0 Å². The van der Waals surface area contributed by atoms with Crippen LogP contribution in [0.4, 0.5) is 0 Å². The number of nitrogens with zero attached hydrogens (tertiary/aromatic N) is 1. The Kier molecular flexibility index (Phi) is 3.27. The van der Waals surface area contributed by atoms with Gasteiger partial charge in [-0.25, -0.2) is 0 Å². The topological polar surface area (TPSA) is 57.6 Å². The smallest absolute Gasteiger partial charge is 0.254 e. The van der Waals surface area contributed by atoms with Crippen LogP contribution in [-0.2, 0) is 6.42 Å². The van der Waals surface area contributed by atoms with Crippen molar-refractivity contribution in [1.29, 1.82) is 0 Å². The molecule has 23 heavy (non-hydrogen) atoms. The number of hydrogen-bond donors (Lipinski definition) is 1. The molecule has 4 heteroatoms. The summed E-state index contributed by atoms with van der Waals surface area (Å²) in [6.45, 7) is 0.832. The number of aliphatic hydroxyl groups is 1. The lowest BCUT2D eigenvalue weighted by Crippen LogP contribution is -2.53. The van der Waals surface area contributed by atoms with Gasteiger partial charge in [0.2, 0.25) is 0 Å². The van der Waals surface area contributed by atoms with E-state index in [9.17, 15) is 14.7 Å². The summed E-state index contributed by atoms with van der Waals surface area (Å²) in [5.74, 6) is 0.186. The molecule has 0 aromatic heterocycles. The highest BCUT2D eigenvalue weighted by Gasteiger charge is 2.29. The third kappa shape index (κ3) is 2.45. The molecule has 0 spiro atoms. The number of amides is 1. The van der Waals surface area contributed by atoms with Crippen molar-refractivity contribution < 1.29 is 14.7 Å². The van der Waals surface area contributed by atoms with Gasteiger partial charge in [-0.2, -0.15) is 0 Å². The van der Waals surface area contributed by atoms with Crippen LogP contribution in [0.3, 0.4) is 0 Å². The second-order valence-corrected chi connectivity index (χ2v) is 6.24. The molecule has 116 valence electrons. The highest BCUT2D eigenvalue weighted by molar-refractivity contribution is 6.01. The van der Waals surface area contributed by atoms with Gasteiger partial charge in [0, 0.05) is 30.6 Å². The normalized spacial score (nSPS) is 17.1. The summed E-state index contributed by atoms with van der Waals surface area (Å²) in [5.41, 5.74) is 4.69. The zero-order chi connectivity index (χ0) is 16.0. The number of Topliss-reactive ketones (excluding diaryl/α,β-unsaturated/α-hetero) is 1. The van der Waals surface area contributed by atoms with E-state index in [-0.39, 0.29) is 17.8 Å². The fourth-order valence-corrected chi connectivity index (χ4v) is 3.24. The number of ketones is 1. The molecule has 0 bridgehead atoms. The molecule has 1 N–H and O–H groups in total. The molecule has 2 aliphatic rings. The van der Waals surface area contributed by atoms with Crippen LogP contribution < -0.4 is 0 Å². The first-order chi connectivity index (χ1) is 11.1. The number of benzene rings is 2. The van der Waals surface area contributed by atoms with E-state index in [2.05, 4.69) is 6.07 Å². The Bertz CT molecular complexity index is 789. The minimum Gasteiger partial charge on any atom is -0.389 e. The summed E-state index contributed by atoms with van der Waals surface area (Å²) >= 11 is 0. The number of aliphatic hydroxyl groups excluding tert-OH is 1. The third-order valence-corrected chi connectivity index (χ3v) is 4.64. The van der Waals surface area contributed by atoms with E-state index in [0.717, 1.165) is 28.7 Å². The maximum atomic E-state index is 12.2. The summed E-state index contributed by atoms with van der Waals surface area (Å²) in [4.78, 5) is 25.5. The van der Waals surface area contributed by atoms with Gasteiger partial charge in [-0.05, 0) is 35.2 Å². The predicted molar refractivity (Wildman–Crippen MR) is 86.4 cm³/mol. The van der Waals surface area contributed by atoms with Crippen LogP contribution in [0.1, 0.15) is 32.7 Å². The molecular weight excluding hydrogens is 290 g/mol. The van der Waals surface area contributed by atoms with Crippen LogP contribution in [-0.4, -0.2) is 40.9 Å². The maximum Gasteiger partial charge on any atom is 0.254 e. The predicted octanol–water partition coefficient (Wildman–Crippen LogP) is 2.30. The van der Waals surface area contributed by atoms with E-state index in [1.165, 1.54) is 0 Å². The molecule has 1 amide bonds. The van der Waals surface area contributed by atoms with Gasteiger partial charge in [0.1, 0.15) is 0 Å². The molecule has 0 atom stereocenters. The van der Waals surface area contributed by atoms with Crippen molar-refractivity contribution in [3.8, 4) is 11.1 Å². The number of rotatable bonds is 2. The Hall–Kier alpha value is -2.46. The first kappa shape index (κ1) is 14.2. The molecule has 1 aliphatic carbocycles. The third-order valence-electron chi connectivity index (χ3n) is 4.64. The molecule has 0 saturated carbocycles. The quantitative estimate of drug-likeness (QED) is 0.926. The fraction of sp³-hybridized carbons (Fsp3) is 0.263. The second kappa shape index (κ2) is 5.32. The number of fused-ring (bicyclic) bond motifs is 1. The van der Waals surface area contributed by atoms with Crippen molar-refractivity contribution in [2.75, 3.05) is 13.1 Å². The van der Waals surface area contributed by atoms with E-state index >= 15 is 0 Å². The number of β-amino-alcohol motifs (C(OH)–C–C–N with tert-alkyl or cyclic N) is 1. The molecule has 1 fully saturated rings. The summed E-state index contributed by atoms with van der Waals surface area (Å²) < 4.78 is 0. The van der Waals surface area contributed by atoms with Crippen molar-refractivity contribution in [2.24, 2.45) is 0 Å². The summed E-state index contributed by atoms with van der Waals surface area (Å²) in [7, 11) is 0. The van der Waals surface area contributed by atoms with Gasteiger partial charge in [-0.3, -0.25) is 9.59 Å². The van der Waals surface area contributed by atoms with Crippen LogP contribution >= 0.6 is 0 Å². The van der Waals surface area contributed by atoms with E-state index in [1.807, 2.05) is 36.4 Å². The zero-order valence-electron chi connectivity index (χ0n) is 12.7. The van der Waals surface area contributed by atoms with E-state index < -0.39 is 0 Å².